The highest BCUT2D eigenvalue weighted by Gasteiger charge is 2.29. The lowest BCUT2D eigenvalue weighted by molar-refractivity contribution is -0.125. The van der Waals surface area contributed by atoms with Crippen LogP contribution in [0.5, 0.6) is 11.5 Å². The highest BCUT2D eigenvalue weighted by atomic mass is 35.5. The molecule has 1 amide bonds. The molecule has 1 saturated heterocycles. The fourth-order valence-electron chi connectivity index (χ4n) is 3.71. The van der Waals surface area contributed by atoms with Gasteiger partial charge in [0.25, 0.3) is 5.91 Å². The molecule has 0 bridgehead atoms. The van der Waals surface area contributed by atoms with Gasteiger partial charge >= 0.3 is 0 Å². The summed E-state index contributed by atoms with van der Waals surface area (Å²) in [6.07, 6.45) is 0.360. The van der Waals surface area contributed by atoms with Crippen molar-refractivity contribution in [3.63, 3.8) is 0 Å². The average molecular weight is 518 g/mol. The molecule has 0 saturated carbocycles. The first-order chi connectivity index (χ1) is 15.8. The number of ether oxygens (including phenoxy) is 2. The third-order valence-electron chi connectivity index (χ3n) is 5.46. The Hall–Kier alpha value is -1.74. The van der Waals surface area contributed by atoms with Crippen molar-refractivity contribution in [2.45, 2.75) is 37.6 Å². The summed E-state index contributed by atoms with van der Waals surface area (Å²) >= 11 is 17.7. The normalized spacial score (nSPS) is 15.9. The minimum absolute atomic E-state index is 0.00652. The van der Waals surface area contributed by atoms with Gasteiger partial charge in [-0.25, -0.2) is 0 Å². The molecule has 1 atom stereocenters. The number of rotatable bonds is 10. The van der Waals surface area contributed by atoms with Gasteiger partial charge in [0, 0.05) is 36.6 Å². The predicted molar refractivity (Wildman–Crippen MR) is 128 cm³/mol. The van der Waals surface area contributed by atoms with E-state index in [4.69, 9.17) is 44.3 Å². The first kappa shape index (κ1) is 25.9. The summed E-state index contributed by atoms with van der Waals surface area (Å²) in [4.78, 5) is 14.3. The fraction of sp³-hybridized carbons (Fsp3) is 0.435. The lowest BCUT2D eigenvalue weighted by atomic mass is 10.0. The maximum atomic E-state index is 12.2. The Morgan fingerprint density at radius 3 is 2.30 bits per heavy atom. The van der Waals surface area contributed by atoms with E-state index in [2.05, 4.69) is 5.32 Å². The van der Waals surface area contributed by atoms with Gasteiger partial charge in [-0.3, -0.25) is 9.69 Å². The van der Waals surface area contributed by atoms with Crippen LogP contribution in [0.4, 0.5) is 0 Å². The van der Waals surface area contributed by atoms with Crippen LogP contribution in [0.25, 0.3) is 0 Å². The Morgan fingerprint density at radius 2 is 1.67 bits per heavy atom. The Balaban J connectivity index is 1.39. The molecule has 1 unspecified atom stereocenters. The van der Waals surface area contributed by atoms with Gasteiger partial charge in [-0.1, -0.05) is 34.8 Å². The molecule has 0 aliphatic carbocycles. The molecule has 7 nitrogen and oxygen atoms in total. The molecule has 0 radical (unpaired) electrons. The van der Waals surface area contributed by atoms with Gasteiger partial charge in [0.15, 0.2) is 12.9 Å². The van der Waals surface area contributed by atoms with Gasteiger partial charge in [0.05, 0.1) is 22.7 Å². The number of benzene rings is 2. The number of amides is 1. The summed E-state index contributed by atoms with van der Waals surface area (Å²) in [5.74, 6) is 0.916. The molecule has 3 N–H and O–H groups in total. The van der Waals surface area contributed by atoms with Crippen LogP contribution in [-0.4, -0.2) is 65.7 Å². The summed E-state index contributed by atoms with van der Waals surface area (Å²) in [5.41, 5.74) is 0. The number of nitrogens with one attached hydrogen (secondary N) is 1. The third-order valence-corrected chi connectivity index (χ3v) is 6.46. The first-order valence-electron chi connectivity index (χ1n) is 10.7. The van der Waals surface area contributed by atoms with Crippen LogP contribution in [-0.2, 0) is 4.79 Å². The van der Waals surface area contributed by atoms with Crippen LogP contribution in [0.2, 0.25) is 15.1 Å². The van der Waals surface area contributed by atoms with Gasteiger partial charge in [-0.15, -0.1) is 0 Å². The number of halogens is 3. The molecule has 1 fully saturated rings. The van der Waals surface area contributed by atoms with Crippen molar-refractivity contribution < 1.29 is 24.5 Å². The number of piperidine rings is 1. The molecular formula is C23H27Cl3N2O5. The van der Waals surface area contributed by atoms with Gasteiger partial charge in [0.2, 0.25) is 0 Å². The van der Waals surface area contributed by atoms with Crippen molar-refractivity contribution in [3.05, 3.63) is 57.5 Å². The van der Waals surface area contributed by atoms with E-state index in [1.165, 1.54) is 0 Å². The molecule has 10 heteroatoms. The summed E-state index contributed by atoms with van der Waals surface area (Å²) in [7, 11) is 0. The van der Waals surface area contributed by atoms with Gasteiger partial charge in [-0.2, -0.15) is 0 Å². The minimum Gasteiger partial charge on any atom is -0.494 e. The zero-order valence-electron chi connectivity index (χ0n) is 17.9. The van der Waals surface area contributed by atoms with E-state index in [1.807, 2.05) is 4.90 Å². The summed E-state index contributed by atoms with van der Waals surface area (Å²) in [6.45, 7) is 1.47. The Bertz CT molecular complexity index is 905. The van der Waals surface area contributed by atoms with Crippen LogP contribution in [0.3, 0.4) is 0 Å². The lowest BCUT2D eigenvalue weighted by Crippen LogP contribution is -2.52. The maximum Gasteiger partial charge on any atom is 0.258 e. The van der Waals surface area contributed by atoms with E-state index in [0.29, 0.717) is 65.5 Å². The highest BCUT2D eigenvalue weighted by Crippen LogP contribution is 2.26. The SMILES string of the molecule is O=C(COc1ccc(Cl)c(Cl)c1)NC1CCN(C(CCOc2ccc(Cl)cc2)C(O)O)CC1. The second-order valence-corrected chi connectivity index (χ2v) is 9.07. The number of hydrogen-bond donors (Lipinski definition) is 3. The van der Waals surface area contributed by atoms with Crippen molar-refractivity contribution in [1.82, 2.24) is 10.2 Å². The van der Waals surface area contributed by atoms with Crippen molar-refractivity contribution in [2.75, 3.05) is 26.3 Å². The second kappa shape index (κ2) is 12.6. The topological polar surface area (TPSA) is 91.3 Å². The molecular weight excluding hydrogens is 491 g/mol. The number of nitrogens with zero attached hydrogens (tertiary/aromatic N) is 1. The smallest absolute Gasteiger partial charge is 0.258 e. The number of likely N-dealkylation sites (tertiary alicyclic amines) is 1. The number of aliphatic hydroxyl groups excluding tert-OH is 1. The van der Waals surface area contributed by atoms with E-state index in [-0.39, 0.29) is 18.6 Å². The number of hydrogen-bond acceptors (Lipinski definition) is 6. The Kier molecular flexibility index (Phi) is 9.92. The quantitative estimate of drug-likeness (QED) is 0.416. The molecule has 0 spiro atoms. The largest absolute Gasteiger partial charge is 0.494 e. The van der Waals surface area contributed by atoms with E-state index in [1.54, 1.807) is 42.5 Å². The average Bonchev–Trinajstić information content (AvgIpc) is 2.79. The van der Waals surface area contributed by atoms with E-state index >= 15 is 0 Å². The van der Waals surface area contributed by atoms with Crippen molar-refractivity contribution in [2.24, 2.45) is 0 Å². The van der Waals surface area contributed by atoms with Crippen LogP contribution < -0.4 is 14.8 Å². The second-order valence-electron chi connectivity index (χ2n) is 7.81. The van der Waals surface area contributed by atoms with E-state index in [9.17, 15) is 15.0 Å². The molecule has 33 heavy (non-hydrogen) atoms. The Labute approximate surface area is 208 Å². The number of aliphatic hydroxyl groups is 2. The lowest BCUT2D eigenvalue weighted by Gasteiger charge is -2.38. The molecule has 1 heterocycles. The molecule has 180 valence electrons. The van der Waals surface area contributed by atoms with Crippen LogP contribution >= 0.6 is 34.8 Å². The molecule has 2 aromatic rings. The highest BCUT2D eigenvalue weighted by molar-refractivity contribution is 6.42. The molecule has 1 aliphatic rings. The maximum absolute atomic E-state index is 12.2. The fourth-order valence-corrected chi connectivity index (χ4v) is 4.12. The van der Waals surface area contributed by atoms with Crippen LogP contribution in [0, 0.1) is 0 Å². The van der Waals surface area contributed by atoms with E-state index in [0.717, 1.165) is 0 Å². The predicted octanol–water partition coefficient (Wildman–Crippen LogP) is 3.75. The summed E-state index contributed by atoms with van der Waals surface area (Å²) in [5, 5.41) is 24.1. The molecule has 2 aromatic carbocycles. The standard InChI is InChI=1S/C23H27Cl3N2O5/c24-15-1-3-17(4-2-15)32-12-9-21(23(30)31)28-10-7-16(8-11-28)27-22(29)14-33-18-5-6-19(25)20(26)13-18/h1-6,13,16,21,23,30-31H,7-12,14H2,(H,27,29). The Morgan fingerprint density at radius 1 is 1.00 bits per heavy atom. The van der Waals surface area contributed by atoms with Gasteiger partial charge in [-0.05, 0) is 49.2 Å². The van der Waals surface area contributed by atoms with Crippen molar-refractivity contribution >= 4 is 40.7 Å². The molecule has 3 rings (SSSR count). The van der Waals surface area contributed by atoms with Crippen LogP contribution in [0.1, 0.15) is 19.3 Å². The van der Waals surface area contributed by atoms with Gasteiger partial charge < -0.3 is 25.0 Å². The number of carbonyl (C=O) groups excluding carboxylic acids is 1. The summed E-state index contributed by atoms with van der Waals surface area (Å²) < 4.78 is 11.2. The third kappa shape index (κ3) is 8.21. The first-order valence-corrected chi connectivity index (χ1v) is 11.8. The zero-order valence-corrected chi connectivity index (χ0v) is 20.2. The zero-order chi connectivity index (χ0) is 23.8. The number of carbonyl (C=O) groups is 1. The molecule has 0 aromatic heterocycles. The van der Waals surface area contributed by atoms with Crippen LogP contribution in [0.15, 0.2) is 42.5 Å². The minimum atomic E-state index is -1.48. The molecule has 1 aliphatic heterocycles. The summed E-state index contributed by atoms with van der Waals surface area (Å²) in [6, 6.07) is 11.4. The van der Waals surface area contributed by atoms with Crippen molar-refractivity contribution in [1.29, 1.82) is 0 Å². The van der Waals surface area contributed by atoms with E-state index < -0.39 is 12.3 Å². The van der Waals surface area contributed by atoms with Crippen molar-refractivity contribution in [3.8, 4) is 11.5 Å². The van der Waals surface area contributed by atoms with Gasteiger partial charge in [0.1, 0.15) is 11.5 Å². The monoisotopic (exact) mass is 516 g/mol.